The van der Waals surface area contributed by atoms with Crippen LogP contribution in [0.5, 0.6) is 11.5 Å². The zero-order chi connectivity index (χ0) is 13.4. The van der Waals surface area contributed by atoms with E-state index in [0.29, 0.717) is 23.1 Å². The molecule has 0 spiro atoms. The first kappa shape index (κ1) is 13.2. The van der Waals surface area contributed by atoms with Crippen LogP contribution in [0.2, 0.25) is 5.02 Å². The molecular formula is C13H10BrClO3S. The molecule has 0 bridgehead atoms. The van der Waals surface area contributed by atoms with Crippen molar-refractivity contribution in [3.63, 3.8) is 0 Å². The first-order valence-corrected chi connectivity index (χ1v) is 7.65. The van der Waals surface area contributed by atoms with Crippen molar-refractivity contribution in [2.75, 3.05) is 6.61 Å². The van der Waals surface area contributed by atoms with E-state index in [-0.39, 0.29) is 0 Å². The third-order valence-electron chi connectivity index (χ3n) is 2.84. The maximum atomic E-state index is 10.3. The van der Waals surface area contributed by atoms with Crippen molar-refractivity contribution in [3.8, 4) is 11.5 Å². The lowest BCUT2D eigenvalue weighted by Gasteiger charge is -2.29. The Morgan fingerprint density at radius 3 is 2.79 bits per heavy atom. The molecule has 0 aliphatic carbocycles. The van der Waals surface area contributed by atoms with Gasteiger partial charge in [-0.2, -0.15) is 0 Å². The quantitative estimate of drug-likeness (QED) is 0.877. The minimum Gasteiger partial charge on any atom is -0.486 e. The normalized spacial score (nSPS) is 19.2. The lowest BCUT2D eigenvalue weighted by atomic mass is 10.1. The van der Waals surface area contributed by atoms with Gasteiger partial charge in [-0.1, -0.05) is 23.7 Å². The van der Waals surface area contributed by atoms with Crippen LogP contribution < -0.4 is 9.47 Å². The van der Waals surface area contributed by atoms with Crippen molar-refractivity contribution in [2.24, 2.45) is 0 Å². The fourth-order valence-corrected chi connectivity index (χ4v) is 3.67. The zero-order valence-corrected chi connectivity index (χ0v) is 12.8. The number of para-hydroxylation sites is 2. The molecule has 3 rings (SSSR count). The molecule has 1 aliphatic rings. The number of aliphatic hydroxyl groups excluding tert-OH is 1. The summed E-state index contributed by atoms with van der Waals surface area (Å²) >= 11 is 10.7. The molecule has 6 heteroatoms. The van der Waals surface area contributed by atoms with Crippen LogP contribution in [0.25, 0.3) is 0 Å². The molecule has 1 aliphatic heterocycles. The average Bonchev–Trinajstić information content (AvgIpc) is 2.77. The number of halogens is 2. The molecule has 3 nitrogen and oxygen atoms in total. The number of aliphatic hydroxyl groups is 1. The van der Waals surface area contributed by atoms with Crippen LogP contribution in [0.15, 0.2) is 34.1 Å². The van der Waals surface area contributed by atoms with Crippen LogP contribution in [0, 0.1) is 0 Å². The first-order valence-electron chi connectivity index (χ1n) is 5.66. The molecule has 1 N–H and O–H groups in total. The van der Waals surface area contributed by atoms with E-state index in [1.54, 1.807) is 6.07 Å². The van der Waals surface area contributed by atoms with Crippen molar-refractivity contribution in [3.05, 3.63) is 44.0 Å². The molecule has 2 aromatic rings. The number of fused-ring (bicyclic) bond motifs is 1. The Balaban J connectivity index is 1.81. The predicted octanol–water partition coefficient (Wildman–Crippen LogP) is 4.04. The topological polar surface area (TPSA) is 38.7 Å². The number of hydrogen-bond donors (Lipinski definition) is 1. The second-order valence-corrected chi connectivity index (χ2v) is 6.94. The molecule has 0 saturated heterocycles. The van der Waals surface area contributed by atoms with Crippen molar-refractivity contribution in [2.45, 2.75) is 12.2 Å². The highest BCUT2D eigenvalue weighted by Gasteiger charge is 2.30. The number of benzene rings is 1. The Morgan fingerprint density at radius 2 is 2.11 bits per heavy atom. The third kappa shape index (κ3) is 2.60. The lowest BCUT2D eigenvalue weighted by Crippen LogP contribution is -2.34. The summed E-state index contributed by atoms with van der Waals surface area (Å²) in [5, 5.41) is 10.9. The number of thiophene rings is 1. The van der Waals surface area contributed by atoms with Crippen molar-refractivity contribution >= 4 is 38.9 Å². The molecule has 0 saturated carbocycles. The SMILES string of the molecule is OC(c1cc(Cl)c(Br)s1)C1COc2ccccc2O1. The first-order chi connectivity index (χ1) is 9.15. The summed E-state index contributed by atoms with van der Waals surface area (Å²) in [6, 6.07) is 9.16. The van der Waals surface area contributed by atoms with Crippen LogP contribution in [0.1, 0.15) is 11.0 Å². The van der Waals surface area contributed by atoms with E-state index < -0.39 is 12.2 Å². The molecular weight excluding hydrogens is 352 g/mol. The molecule has 0 amide bonds. The summed E-state index contributed by atoms with van der Waals surface area (Å²) in [6.07, 6.45) is -1.20. The van der Waals surface area contributed by atoms with Crippen LogP contribution in [0.3, 0.4) is 0 Å². The van der Waals surface area contributed by atoms with Crippen LogP contribution in [-0.2, 0) is 0 Å². The smallest absolute Gasteiger partial charge is 0.163 e. The second kappa shape index (κ2) is 5.32. The van der Waals surface area contributed by atoms with Crippen molar-refractivity contribution in [1.82, 2.24) is 0 Å². The Labute approximate surface area is 127 Å². The van der Waals surface area contributed by atoms with E-state index in [1.807, 2.05) is 24.3 Å². The largest absolute Gasteiger partial charge is 0.486 e. The number of rotatable bonds is 2. The van der Waals surface area contributed by atoms with Gasteiger partial charge in [-0.05, 0) is 34.1 Å². The molecule has 100 valence electrons. The van der Waals surface area contributed by atoms with Crippen molar-refractivity contribution in [1.29, 1.82) is 0 Å². The molecule has 2 atom stereocenters. The third-order valence-corrected chi connectivity index (χ3v) is 5.38. The average molecular weight is 362 g/mol. The van der Waals surface area contributed by atoms with E-state index in [1.165, 1.54) is 11.3 Å². The van der Waals surface area contributed by atoms with E-state index in [4.69, 9.17) is 21.1 Å². The minimum absolute atomic E-state index is 0.311. The highest BCUT2D eigenvalue weighted by Crippen LogP contribution is 2.39. The molecule has 0 fully saturated rings. The Bertz CT molecular complexity index is 582. The lowest BCUT2D eigenvalue weighted by molar-refractivity contribution is -0.00959. The highest BCUT2D eigenvalue weighted by molar-refractivity contribution is 9.11. The van der Waals surface area contributed by atoms with Gasteiger partial charge in [0, 0.05) is 4.88 Å². The van der Waals surface area contributed by atoms with Gasteiger partial charge in [0.05, 0.1) is 8.81 Å². The van der Waals surface area contributed by atoms with Crippen LogP contribution >= 0.6 is 38.9 Å². The standard InChI is InChI=1S/C13H10BrClO3S/c14-13-7(15)5-11(19-13)12(16)10-6-17-8-3-1-2-4-9(8)18-10/h1-5,10,12,16H,6H2. The zero-order valence-electron chi connectivity index (χ0n) is 9.68. The van der Waals surface area contributed by atoms with E-state index in [2.05, 4.69) is 15.9 Å². The monoisotopic (exact) mass is 360 g/mol. The van der Waals surface area contributed by atoms with Gasteiger partial charge in [0.2, 0.25) is 0 Å². The van der Waals surface area contributed by atoms with Gasteiger partial charge >= 0.3 is 0 Å². The molecule has 2 unspecified atom stereocenters. The second-order valence-electron chi connectivity index (χ2n) is 4.13. The van der Waals surface area contributed by atoms with E-state index in [0.717, 1.165) is 8.66 Å². The highest BCUT2D eigenvalue weighted by atomic mass is 79.9. The maximum absolute atomic E-state index is 10.3. The summed E-state index contributed by atoms with van der Waals surface area (Å²) in [7, 11) is 0. The molecule has 1 aromatic carbocycles. The molecule has 1 aromatic heterocycles. The van der Waals surface area contributed by atoms with E-state index in [9.17, 15) is 5.11 Å². The Hall–Kier alpha value is -0.750. The van der Waals surface area contributed by atoms with Gasteiger partial charge in [-0.25, -0.2) is 0 Å². The molecule has 2 heterocycles. The molecule has 19 heavy (non-hydrogen) atoms. The summed E-state index contributed by atoms with van der Waals surface area (Å²) in [5.41, 5.74) is 0. The van der Waals surface area contributed by atoms with Crippen LogP contribution in [0.4, 0.5) is 0 Å². The Morgan fingerprint density at radius 1 is 1.37 bits per heavy atom. The van der Waals surface area contributed by atoms with Gasteiger partial charge in [-0.15, -0.1) is 11.3 Å². The van der Waals surface area contributed by atoms with Gasteiger partial charge in [0.25, 0.3) is 0 Å². The predicted molar refractivity (Wildman–Crippen MR) is 78.3 cm³/mol. The number of ether oxygens (including phenoxy) is 2. The van der Waals surface area contributed by atoms with Gasteiger partial charge < -0.3 is 14.6 Å². The fourth-order valence-electron chi connectivity index (χ4n) is 1.88. The summed E-state index contributed by atoms with van der Waals surface area (Å²) in [6.45, 7) is 0.311. The summed E-state index contributed by atoms with van der Waals surface area (Å²) < 4.78 is 12.2. The van der Waals surface area contributed by atoms with Gasteiger partial charge in [-0.3, -0.25) is 0 Å². The Kier molecular flexibility index (Phi) is 3.71. The summed E-state index contributed by atoms with van der Waals surface area (Å²) in [5.74, 6) is 1.36. The fraction of sp³-hybridized carbons (Fsp3) is 0.231. The maximum Gasteiger partial charge on any atom is 0.163 e. The van der Waals surface area contributed by atoms with Gasteiger partial charge in [0.1, 0.15) is 12.7 Å². The van der Waals surface area contributed by atoms with Crippen LogP contribution in [-0.4, -0.2) is 17.8 Å². The number of hydrogen-bond acceptors (Lipinski definition) is 4. The minimum atomic E-state index is -0.762. The van der Waals surface area contributed by atoms with Gasteiger partial charge in [0.15, 0.2) is 17.6 Å². The van der Waals surface area contributed by atoms with E-state index >= 15 is 0 Å². The summed E-state index contributed by atoms with van der Waals surface area (Å²) in [4.78, 5) is 0.754. The van der Waals surface area contributed by atoms with Crippen molar-refractivity contribution < 1.29 is 14.6 Å². The molecule has 0 radical (unpaired) electrons.